The van der Waals surface area contributed by atoms with Gasteiger partial charge in [-0.2, -0.15) is 0 Å². The van der Waals surface area contributed by atoms with E-state index in [-0.39, 0.29) is 12.5 Å². The minimum Gasteiger partial charge on any atom is -0.396 e. The van der Waals surface area contributed by atoms with Gasteiger partial charge in [-0.15, -0.1) is 0 Å². The molecular weight excluding hydrogens is 362 g/mol. The SMILES string of the molecule is O=C(c1cc(Br)ccc1Br)N1CCC(CO)CC1. The lowest BCUT2D eigenvalue weighted by Crippen LogP contribution is -2.39. The van der Waals surface area contributed by atoms with E-state index in [1.165, 1.54) is 0 Å². The van der Waals surface area contributed by atoms with E-state index in [9.17, 15) is 4.79 Å². The Hall–Kier alpha value is -0.390. The Morgan fingerprint density at radius 2 is 2.00 bits per heavy atom. The van der Waals surface area contributed by atoms with Gasteiger partial charge < -0.3 is 10.0 Å². The summed E-state index contributed by atoms with van der Waals surface area (Å²) in [5, 5.41) is 9.10. The molecule has 0 aromatic heterocycles. The number of likely N-dealkylation sites (tertiary alicyclic amines) is 1. The number of hydrogen-bond acceptors (Lipinski definition) is 2. The lowest BCUT2D eigenvalue weighted by atomic mass is 9.97. The number of aliphatic hydroxyl groups is 1. The van der Waals surface area contributed by atoms with E-state index in [1.807, 2.05) is 23.1 Å². The van der Waals surface area contributed by atoms with Crippen molar-refractivity contribution in [3.8, 4) is 0 Å². The normalized spacial score (nSPS) is 16.9. The standard InChI is InChI=1S/C13H15Br2NO2/c14-10-1-2-12(15)11(7-10)13(18)16-5-3-9(8-17)4-6-16/h1-2,7,9,17H,3-6,8H2. The number of carbonyl (C=O) groups excluding carboxylic acids is 1. The van der Waals surface area contributed by atoms with Gasteiger partial charge in [0.15, 0.2) is 0 Å². The molecule has 5 heteroatoms. The van der Waals surface area contributed by atoms with Crippen molar-refractivity contribution in [2.24, 2.45) is 5.92 Å². The van der Waals surface area contributed by atoms with Crippen LogP contribution in [0.3, 0.4) is 0 Å². The molecule has 1 fully saturated rings. The molecule has 1 aromatic rings. The number of nitrogens with zero attached hydrogens (tertiary/aromatic N) is 1. The van der Waals surface area contributed by atoms with Gasteiger partial charge in [-0.3, -0.25) is 4.79 Å². The van der Waals surface area contributed by atoms with Crippen molar-refractivity contribution < 1.29 is 9.90 Å². The van der Waals surface area contributed by atoms with Crippen LogP contribution >= 0.6 is 31.9 Å². The molecule has 2 rings (SSSR count). The van der Waals surface area contributed by atoms with Crippen molar-refractivity contribution in [3.05, 3.63) is 32.7 Å². The Labute approximate surface area is 123 Å². The molecular formula is C13H15Br2NO2. The van der Waals surface area contributed by atoms with Crippen LogP contribution in [-0.2, 0) is 0 Å². The van der Waals surface area contributed by atoms with Crippen LogP contribution in [0.5, 0.6) is 0 Å². The number of carbonyl (C=O) groups is 1. The molecule has 1 saturated heterocycles. The minimum absolute atomic E-state index is 0.0552. The highest BCUT2D eigenvalue weighted by molar-refractivity contribution is 9.11. The smallest absolute Gasteiger partial charge is 0.255 e. The number of hydrogen-bond donors (Lipinski definition) is 1. The number of rotatable bonds is 2. The zero-order valence-corrected chi connectivity index (χ0v) is 13.1. The molecule has 0 unspecified atom stereocenters. The van der Waals surface area contributed by atoms with Crippen molar-refractivity contribution >= 4 is 37.8 Å². The van der Waals surface area contributed by atoms with E-state index in [4.69, 9.17) is 5.11 Å². The highest BCUT2D eigenvalue weighted by Gasteiger charge is 2.24. The molecule has 1 aliphatic heterocycles. The molecule has 0 bridgehead atoms. The number of halogens is 2. The van der Waals surface area contributed by atoms with Gasteiger partial charge in [0, 0.05) is 28.6 Å². The Bertz CT molecular complexity index is 443. The molecule has 1 amide bonds. The molecule has 1 N–H and O–H groups in total. The van der Waals surface area contributed by atoms with E-state index in [2.05, 4.69) is 31.9 Å². The van der Waals surface area contributed by atoms with E-state index in [0.717, 1.165) is 34.9 Å². The van der Waals surface area contributed by atoms with Crippen LogP contribution in [0, 0.1) is 5.92 Å². The molecule has 0 radical (unpaired) electrons. The first-order valence-electron chi connectivity index (χ1n) is 5.97. The van der Waals surface area contributed by atoms with Crippen LogP contribution < -0.4 is 0 Å². The van der Waals surface area contributed by atoms with Gasteiger partial charge in [0.25, 0.3) is 5.91 Å². The van der Waals surface area contributed by atoms with Crippen LogP contribution in [0.1, 0.15) is 23.2 Å². The quantitative estimate of drug-likeness (QED) is 0.861. The number of amides is 1. The van der Waals surface area contributed by atoms with E-state index in [1.54, 1.807) is 0 Å². The number of benzene rings is 1. The number of piperidine rings is 1. The minimum atomic E-state index is 0.0552. The summed E-state index contributed by atoms with van der Waals surface area (Å²) >= 11 is 6.80. The summed E-state index contributed by atoms with van der Waals surface area (Å²) in [6.07, 6.45) is 1.77. The molecule has 98 valence electrons. The first kappa shape index (κ1) is 14.0. The summed E-state index contributed by atoms with van der Waals surface area (Å²) in [5.74, 6) is 0.402. The Balaban J connectivity index is 2.10. The summed E-state index contributed by atoms with van der Waals surface area (Å²) in [6, 6.07) is 5.61. The molecule has 0 saturated carbocycles. The molecule has 1 aliphatic rings. The van der Waals surface area contributed by atoms with Gasteiger partial charge in [0.05, 0.1) is 5.56 Å². The summed E-state index contributed by atoms with van der Waals surface area (Å²) in [5.41, 5.74) is 0.687. The Morgan fingerprint density at radius 3 is 2.61 bits per heavy atom. The van der Waals surface area contributed by atoms with Gasteiger partial charge in [-0.25, -0.2) is 0 Å². The molecule has 1 aromatic carbocycles. The summed E-state index contributed by atoms with van der Waals surface area (Å²) in [4.78, 5) is 14.2. The lowest BCUT2D eigenvalue weighted by Gasteiger charge is -2.31. The zero-order chi connectivity index (χ0) is 13.1. The fraction of sp³-hybridized carbons (Fsp3) is 0.462. The van der Waals surface area contributed by atoms with Crippen molar-refractivity contribution in [1.29, 1.82) is 0 Å². The van der Waals surface area contributed by atoms with Gasteiger partial charge in [-0.05, 0) is 52.9 Å². The van der Waals surface area contributed by atoms with Crippen molar-refractivity contribution in [1.82, 2.24) is 4.90 Å². The third kappa shape index (κ3) is 3.13. The predicted molar refractivity (Wildman–Crippen MR) is 77.6 cm³/mol. The van der Waals surface area contributed by atoms with Crippen LogP contribution in [-0.4, -0.2) is 35.6 Å². The van der Waals surface area contributed by atoms with E-state index in [0.29, 0.717) is 11.5 Å². The van der Waals surface area contributed by atoms with E-state index >= 15 is 0 Å². The van der Waals surface area contributed by atoms with Crippen molar-refractivity contribution in [3.63, 3.8) is 0 Å². The molecule has 3 nitrogen and oxygen atoms in total. The second kappa shape index (κ2) is 6.17. The Morgan fingerprint density at radius 1 is 1.33 bits per heavy atom. The second-order valence-corrected chi connectivity index (χ2v) is 6.31. The van der Waals surface area contributed by atoms with Gasteiger partial charge in [0.1, 0.15) is 0 Å². The van der Waals surface area contributed by atoms with Gasteiger partial charge in [0.2, 0.25) is 0 Å². The highest BCUT2D eigenvalue weighted by atomic mass is 79.9. The third-order valence-corrected chi connectivity index (χ3v) is 4.50. The summed E-state index contributed by atoms with van der Waals surface area (Å²) in [6.45, 7) is 1.68. The monoisotopic (exact) mass is 375 g/mol. The maximum absolute atomic E-state index is 12.4. The van der Waals surface area contributed by atoms with Crippen molar-refractivity contribution in [2.45, 2.75) is 12.8 Å². The highest BCUT2D eigenvalue weighted by Crippen LogP contribution is 2.25. The van der Waals surface area contributed by atoms with Crippen LogP contribution in [0.2, 0.25) is 0 Å². The molecule has 0 atom stereocenters. The maximum Gasteiger partial charge on any atom is 0.255 e. The summed E-state index contributed by atoms with van der Waals surface area (Å²) in [7, 11) is 0. The fourth-order valence-electron chi connectivity index (χ4n) is 2.15. The predicted octanol–water partition coefficient (Wildman–Crippen LogP) is 3.06. The van der Waals surface area contributed by atoms with Crippen molar-refractivity contribution in [2.75, 3.05) is 19.7 Å². The van der Waals surface area contributed by atoms with Crippen LogP contribution in [0.15, 0.2) is 27.1 Å². The zero-order valence-electron chi connectivity index (χ0n) is 9.90. The summed E-state index contributed by atoms with van der Waals surface area (Å²) < 4.78 is 1.72. The molecule has 0 aliphatic carbocycles. The van der Waals surface area contributed by atoms with Crippen LogP contribution in [0.4, 0.5) is 0 Å². The first-order valence-corrected chi connectivity index (χ1v) is 7.55. The van der Waals surface area contributed by atoms with Crippen LogP contribution in [0.25, 0.3) is 0 Å². The molecule has 1 heterocycles. The average Bonchev–Trinajstić information content (AvgIpc) is 2.41. The topological polar surface area (TPSA) is 40.5 Å². The average molecular weight is 377 g/mol. The number of aliphatic hydroxyl groups excluding tert-OH is 1. The second-order valence-electron chi connectivity index (χ2n) is 4.54. The van der Waals surface area contributed by atoms with Gasteiger partial charge >= 0.3 is 0 Å². The Kier molecular flexibility index (Phi) is 4.81. The largest absolute Gasteiger partial charge is 0.396 e. The lowest BCUT2D eigenvalue weighted by molar-refractivity contribution is 0.0650. The van der Waals surface area contributed by atoms with E-state index < -0.39 is 0 Å². The molecule has 0 spiro atoms. The first-order chi connectivity index (χ1) is 8.61. The molecule has 18 heavy (non-hydrogen) atoms. The maximum atomic E-state index is 12.4. The fourth-order valence-corrected chi connectivity index (χ4v) is 2.93. The third-order valence-electron chi connectivity index (χ3n) is 3.32. The van der Waals surface area contributed by atoms with Gasteiger partial charge in [-0.1, -0.05) is 15.9 Å².